The summed E-state index contributed by atoms with van der Waals surface area (Å²) in [6.45, 7) is 0.0234. The molecule has 7 heteroatoms. The molecule has 1 rings (SSSR count). The van der Waals surface area contributed by atoms with Gasteiger partial charge >= 0.3 is 0 Å². The molecule has 0 spiro atoms. The maximum Gasteiger partial charge on any atom is 0.296 e. The quantitative estimate of drug-likeness (QED) is 0.662. The summed E-state index contributed by atoms with van der Waals surface area (Å²) in [5, 5.41) is 4.76. The zero-order valence-electron chi connectivity index (χ0n) is 7.20. The molecule has 0 fully saturated rings. The lowest BCUT2D eigenvalue weighted by atomic mass is 10.2. The van der Waals surface area contributed by atoms with E-state index in [1.165, 1.54) is 6.07 Å². The van der Waals surface area contributed by atoms with Crippen LogP contribution in [-0.2, 0) is 16.8 Å². The molecule has 0 unspecified atom stereocenters. The van der Waals surface area contributed by atoms with Crippen LogP contribution in [0.5, 0.6) is 0 Å². The lowest BCUT2D eigenvalue weighted by Crippen LogP contribution is -2.22. The highest BCUT2D eigenvalue weighted by Gasteiger charge is 2.07. The second kappa shape index (κ2) is 3.91. The number of rotatable bonds is 3. The van der Waals surface area contributed by atoms with E-state index < -0.39 is 16.0 Å². The van der Waals surface area contributed by atoms with Gasteiger partial charge in [0, 0.05) is 6.54 Å². The van der Waals surface area contributed by atoms with Gasteiger partial charge in [-0.2, -0.15) is 8.42 Å². The van der Waals surface area contributed by atoms with Gasteiger partial charge in [0.05, 0.1) is 5.69 Å². The maximum atomic E-state index is 12.7. The molecule has 0 saturated carbocycles. The van der Waals surface area contributed by atoms with Crippen LogP contribution in [0.15, 0.2) is 18.2 Å². The standard InChI is InChI=1S/C7H10FN3O2S/c8-6-1-2-7(5(3-6)4-9)11-14(10,12)13/h1-3,11H,4,9H2,(H2,10,12,13). The molecule has 14 heavy (non-hydrogen) atoms. The Bertz CT molecular complexity index is 433. The molecular weight excluding hydrogens is 209 g/mol. The van der Waals surface area contributed by atoms with Crippen LogP contribution in [0.2, 0.25) is 0 Å². The average Bonchev–Trinajstić information content (AvgIpc) is 2.06. The summed E-state index contributed by atoms with van der Waals surface area (Å²) in [6.07, 6.45) is 0. The zero-order valence-corrected chi connectivity index (χ0v) is 8.01. The van der Waals surface area contributed by atoms with Crippen molar-refractivity contribution in [2.45, 2.75) is 6.54 Å². The van der Waals surface area contributed by atoms with Gasteiger partial charge in [-0.1, -0.05) is 0 Å². The molecule has 0 heterocycles. The van der Waals surface area contributed by atoms with E-state index in [-0.39, 0.29) is 12.2 Å². The van der Waals surface area contributed by atoms with Crippen molar-refractivity contribution in [3.8, 4) is 0 Å². The predicted molar refractivity (Wildman–Crippen MR) is 51.0 cm³/mol. The monoisotopic (exact) mass is 219 g/mol. The summed E-state index contributed by atoms with van der Waals surface area (Å²) in [4.78, 5) is 0. The molecule has 0 aromatic heterocycles. The van der Waals surface area contributed by atoms with Gasteiger partial charge in [0.15, 0.2) is 0 Å². The Labute approximate surface area is 81.1 Å². The van der Waals surface area contributed by atoms with Crippen LogP contribution >= 0.6 is 0 Å². The zero-order chi connectivity index (χ0) is 10.8. The van der Waals surface area contributed by atoms with E-state index in [4.69, 9.17) is 10.9 Å². The normalized spacial score (nSPS) is 11.4. The molecule has 0 amide bonds. The molecule has 1 aromatic carbocycles. The van der Waals surface area contributed by atoms with Crippen LogP contribution in [0.1, 0.15) is 5.56 Å². The largest absolute Gasteiger partial charge is 0.326 e. The second-order valence-corrected chi connectivity index (χ2v) is 3.95. The van der Waals surface area contributed by atoms with Crippen LogP contribution in [0, 0.1) is 5.82 Å². The molecule has 5 N–H and O–H groups in total. The Kier molecular flexibility index (Phi) is 3.04. The van der Waals surface area contributed by atoms with Crippen molar-refractivity contribution in [1.29, 1.82) is 0 Å². The Morgan fingerprint density at radius 1 is 1.43 bits per heavy atom. The van der Waals surface area contributed by atoms with Crippen molar-refractivity contribution < 1.29 is 12.8 Å². The minimum atomic E-state index is -3.85. The van der Waals surface area contributed by atoms with E-state index >= 15 is 0 Å². The van der Waals surface area contributed by atoms with Crippen molar-refractivity contribution in [3.63, 3.8) is 0 Å². The third-order valence-electron chi connectivity index (χ3n) is 1.54. The van der Waals surface area contributed by atoms with E-state index in [1.807, 2.05) is 4.72 Å². The third kappa shape index (κ3) is 2.95. The molecule has 5 nitrogen and oxygen atoms in total. The lowest BCUT2D eigenvalue weighted by Gasteiger charge is -2.08. The van der Waals surface area contributed by atoms with Gasteiger partial charge < -0.3 is 5.73 Å². The first-order valence-electron chi connectivity index (χ1n) is 3.71. The Morgan fingerprint density at radius 3 is 2.57 bits per heavy atom. The van der Waals surface area contributed by atoms with Crippen molar-refractivity contribution >= 4 is 15.9 Å². The highest BCUT2D eigenvalue weighted by Crippen LogP contribution is 2.16. The Hall–Kier alpha value is -1.18. The van der Waals surface area contributed by atoms with E-state index in [0.29, 0.717) is 5.56 Å². The molecule has 0 aliphatic rings. The number of nitrogens with two attached hydrogens (primary N) is 2. The molecule has 0 radical (unpaired) electrons. The van der Waals surface area contributed by atoms with Gasteiger partial charge in [0.25, 0.3) is 10.2 Å². The number of hydrogen-bond acceptors (Lipinski definition) is 3. The first-order chi connectivity index (χ1) is 6.42. The molecule has 0 aliphatic heterocycles. The highest BCUT2D eigenvalue weighted by atomic mass is 32.2. The van der Waals surface area contributed by atoms with Gasteiger partial charge in [-0.05, 0) is 23.8 Å². The number of hydrogen-bond donors (Lipinski definition) is 3. The minimum Gasteiger partial charge on any atom is -0.326 e. The van der Waals surface area contributed by atoms with Crippen LogP contribution in [0.4, 0.5) is 10.1 Å². The van der Waals surface area contributed by atoms with Crippen LogP contribution < -0.4 is 15.6 Å². The summed E-state index contributed by atoms with van der Waals surface area (Å²) in [5.74, 6) is -0.481. The van der Waals surface area contributed by atoms with Crippen LogP contribution in [0.3, 0.4) is 0 Å². The fourth-order valence-corrected chi connectivity index (χ4v) is 1.49. The summed E-state index contributed by atoms with van der Waals surface area (Å²) < 4.78 is 36.1. The smallest absolute Gasteiger partial charge is 0.296 e. The summed E-state index contributed by atoms with van der Waals surface area (Å²) in [6, 6.07) is 3.53. The molecular formula is C7H10FN3O2S. The van der Waals surface area contributed by atoms with Gasteiger partial charge in [0.2, 0.25) is 0 Å². The number of benzene rings is 1. The van der Waals surface area contributed by atoms with Crippen LogP contribution in [0.25, 0.3) is 0 Å². The van der Waals surface area contributed by atoms with Crippen molar-refractivity contribution in [2.75, 3.05) is 4.72 Å². The average molecular weight is 219 g/mol. The summed E-state index contributed by atoms with van der Waals surface area (Å²) in [5.41, 5.74) is 5.83. The second-order valence-electron chi connectivity index (χ2n) is 2.65. The number of halogens is 1. The van der Waals surface area contributed by atoms with Crippen molar-refractivity contribution in [2.24, 2.45) is 10.9 Å². The Balaban J connectivity index is 3.09. The highest BCUT2D eigenvalue weighted by molar-refractivity contribution is 7.90. The molecule has 78 valence electrons. The fourth-order valence-electron chi connectivity index (χ4n) is 0.984. The SMILES string of the molecule is NCc1cc(F)ccc1NS(N)(=O)=O. The first kappa shape index (κ1) is 10.9. The van der Waals surface area contributed by atoms with E-state index in [2.05, 4.69) is 0 Å². The maximum absolute atomic E-state index is 12.7. The topological polar surface area (TPSA) is 98.2 Å². The van der Waals surface area contributed by atoms with Gasteiger partial charge in [-0.3, -0.25) is 4.72 Å². The van der Waals surface area contributed by atoms with Crippen LogP contribution in [-0.4, -0.2) is 8.42 Å². The third-order valence-corrected chi connectivity index (χ3v) is 2.04. The summed E-state index contributed by atoms with van der Waals surface area (Å²) >= 11 is 0. The van der Waals surface area contributed by atoms with Gasteiger partial charge in [0.1, 0.15) is 5.82 Å². The molecule has 0 atom stereocenters. The van der Waals surface area contributed by atoms with E-state index in [1.54, 1.807) is 0 Å². The number of nitrogens with one attached hydrogen (secondary N) is 1. The fraction of sp³-hybridized carbons (Fsp3) is 0.143. The van der Waals surface area contributed by atoms with Crippen molar-refractivity contribution in [1.82, 2.24) is 0 Å². The van der Waals surface area contributed by atoms with Crippen molar-refractivity contribution in [3.05, 3.63) is 29.6 Å². The molecule has 0 aliphatic carbocycles. The number of anilines is 1. The summed E-state index contributed by atoms with van der Waals surface area (Å²) in [7, 11) is -3.85. The Morgan fingerprint density at radius 2 is 2.07 bits per heavy atom. The molecule has 0 bridgehead atoms. The van der Waals surface area contributed by atoms with E-state index in [0.717, 1.165) is 12.1 Å². The minimum absolute atomic E-state index is 0.0234. The van der Waals surface area contributed by atoms with Gasteiger partial charge in [-0.25, -0.2) is 9.53 Å². The molecule has 0 saturated heterocycles. The first-order valence-corrected chi connectivity index (χ1v) is 5.26. The predicted octanol–water partition coefficient (Wildman–Crippen LogP) is -0.100. The van der Waals surface area contributed by atoms with E-state index in [9.17, 15) is 12.8 Å². The van der Waals surface area contributed by atoms with Gasteiger partial charge in [-0.15, -0.1) is 0 Å². The molecule has 1 aromatic rings. The lowest BCUT2D eigenvalue weighted by molar-refractivity contribution is 0.602.